The normalized spacial score (nSPS) is 8.38. The molecule has 1 rings (SSSR count). The Morgan fingerprint density at radius 2 is 2.75 bits per heavy atom. The molecular formula is C5H5N3. The highest BCUT2D eigenvalue weighted by Gasteiger charge is 1.91. The van der Waals surface area contributed by atoms with Gasteiger partial charge in [-0.3, -0.25) is 0 Å². The molecule has 3 heteroatoms. The number of hydrogen-bond acceptors (Lipinski definition) is 1. The molecule has 40 valence electrons. The van der Waals surface area contributed by atoms with Gasteiger partial charge in [0.2, 0.25) is 0 Å². The smallest absolute Gasteiger partial charge is 0.271 e. The molecular weight excluding hydrogens is 102 g/mol. The molecule has 1 aromatic heterocycles. The number of aromatic nitrogens is 2. The molecule has 8 heavy (non-hydrogen) atoms. The van der Waals surface area contributed by atoms with Crippen LogP contribution in [0.15, 0.2) is 12.4 Å². The topological polar surface area (TPSA) is 33.0 Å². The van der Waals surface area contributed by atoms with Gasteiger partial charge in [-0.2, -0.15) is 0 Å². The first kappa shape index (κ1) is 4.85. The fraction of sp³-hybridized carbons (Fsp3) is 0.200. The summed E-state index contributed by atoms with van der Waals surface area (Å²) in [7, 11) is 0. The lowest BCUT2D eigenvalue weighted by Crippen LogP contribution is -1.78. The van der Waals surface area contributed by atoms with Crippen molar-refractivity contribution in [3.8, 4) is 0 Å². The van der Waals surface area contributed by atoms with E-state index in [2.05, 4.69) is 14.8 Å². The van der Waals surface area contributed by atoms with Gasteiger partial charge in [0.25, 0.3) is 6.54 Å². The van der Waals surface area contributed by atoms with Crippen molar-refractivity contribution < 1.29 is 0 Å². The molecule has 0 aliphatic heterocycles. The van der Waals surface area contributed by atoms with Gasteiger partial charge in [-0.25, -0.2) is 11.6 Å². The van der Waals surface area contributed by atoms with Gasteiger partial charge in [-0.05, 0) is 0 Å². The van der Waals surface area contributed by atoms with Crippen LogP contribution in [0.3, 0.4) is 0 Å². The van der Waals surface area contributed by atoms with Crippen LogP contribution in [-0.4, -0.2) is 9.97 Å². The highest BCUT2D eigenvalue weighted by atomic mass is 14.9. The van der Waals surface area contributed by atoms with Crippen LogP contribution >= 0.6 is 0 Å². The monoisotopic (exact) mass is 107 g/mol. The van der Waals surface area contributed by atoms with Gasteiger partial charge < -0.3 is 9.83 Å². The van der Waals surface area contributed by atoms with Crippen molar-refractivity contribution in [2.45, 2.75) is 6.54 Å². The molecule has 0 unspecified atom stereocenters. The summed E-state index contributed by atoms with van der Waals surface area (Å²) in [6, 6.07) is 0. The molecule has 0 saturated heterocycles. The van der Waals surface area contributed by atoms with Crippen molar-refractivity contribution in [3.05, 3.63) is 29.6 Å². The number of nitrogens with one attached hydrogen (secondary N) is 1. The maximum absolute atomic E-state index is 6.44. The molecule has 0 spiro atoms. The minimum absolute atomic E-state index is 0.354. The molecule has 0 aromatic carbocycles. The van der Waals surface area contributed by atoms with E-state index in [0.717, 1.165) is 5.82 Å². The fourth-order valence-corrected chi connectivity index (χ4v) is 0.459. The van der Waals surface area contributed by atoms with Gasteiger partial charge >= 0.3 is 0 Å². The zero-order valence-electron chi connectivity index (χ0n) is 4.26. The molecule has 0 atom stereocenters. The number of nitrogens with zero attached hydrogens (tertiary/aromatic N) is 2. The van der Waals surface area contributed by atoms with E-state index in [0.29, 0.717) is 6.54 Å². The molecule has 0 amide bonds. The van der Waals surface area contributed by atoms with E-state index < -0.39 is 0 Å². The fourth-order valence-electron chi connectivity index (χ4n) is 0.459. The van der Waals surface area contributed by atoms with Crippen molar-refractivity contribution in [1.29, 1.82) is 0 Å². The van der Waals surface area contributed by atoms with Crippen LogP contribution in [-0.2, 0) is 6.54 Å². The summed E-state index contributed by atoms with van der Waals surface area (Å²) >= 11 is 0. The van der Waals surface area contributed by atoms with Gasteiger partial charge in [0.1, 0.15) is 0 Å². The van der Waals surface area contributed by atoms with Crippen molar-refractivity contribution in [1.82, 2.24) is 9.97 Å². The first-order valence-electron chi connectivity index (χ1n) is 2.25. The molecule has 0 aliphatic rings. The SMILES string of the molecule is [C-]#[N+]Cc1ncc[nH]1. The van der Waals surface area contributed by atoms with E-state index in [1.165, 1.54) is 0 Å². The largest absolute Gasteiger partial charge is 0.342 e. The Hall–Kier alpha value is -1.30. The Bertz CT molecular complexity index is 182. The van der Waals surface area contributed by atoms with Gasteiger partial charge in [-0.15, -0.1) is 0 Å². The molecule has 0 radical (unpaired) electrons. The molecule has 1 aromatic rings. The minimum atomic E-state index is 0.354. The summed E-state index contributed by atoms with van der Waals surface area (Å²) in [5.74, 6) is 0.736. The Balaban J connectivity index is 2.67. The van der Waals surface area contributed by atoms with Crippen LogP contribution in [0.4, 0.5) is 0 Å². The predicted octanol–water partition coefficient (Wildman–Crippen LogP) is 0.829. The van der Waals surface area contributed by atoms with Crippen LogP contribution in [0.1, 0.15) is 5.82 Å². The van der Waals surface area contributed by atoms with Crippen molar-refractivity contribution in [2.24, 2.45) is 0 Å². The van der Waals surface area contributed by atoms with Crippen molar-refractivity contribution >= 4 is 0 Å². The second-order valence-electron chi connectivity index (χ2n) is 1.35. The maximum Gasteiger partial charge on any atom is 0.271 e. The second kappa shape index (κ2) is 2.12. The van der Waals surface area contributed by atoms with Crippen LogP contribution in [0.2, 0.25) is 0 Å². The standard InChI is InChI=1S/C5H5N3/c1-6-4-5-7-2-3-8-5/h2-3H,4H2,(H,7,8). The zero-order chi connectivity index (χ0) is 5.82. The van der Waals surface area contributed by atoms with Crippen LogP contribution in [0, 0.1) is 6.57 Å². The number of imidazole rings is 1. The number of H-pyrrole nitrogens is 1. The average molecular weight is 107 g/mol. The average Bonchev–Trinajstić information content (AvgIpc) is 2.19. The molecule has 0 fully saturated rings. The van der Waals surface area contributed by atoms with Crippen molar-refractivity contribution in [3.63, 3.8) is 0 Å². The zero-order valence-corrected chi connectivity index (χ0v) is 4.26. The van der Waals surface area contributed by atoms with E-state index in [1.807, 2.05) is 0 Å². The maximum atomic E-state index is 6.44. The molecule has 1 N–H and O–H groups in total. The summed E-state index contributed by atoms with van der Waals surface area (Å²) in [4.78, 5) is 9.78. The molecule has 1 heterocycles. The van der Waals surface area contributed by atoms with Gasteiger partial charge in [0.15, 0.2) is 5.82 Å². The third-order valence-corrected chi connectivity index (χ3v) is 0.784. The summed E-state index contributed by atoms with van der Waals surface area (Å²) < 4.78 is 0. The van der Waals surface area contributed by atoms with E-state index in [-0.39, 0.29) is 0 Å². The summed E-state index contributed by atoms with van der Waals surface area (Å²) in [5, 5.41) is 0. The van der Waals surface area contributed by atoms with Crippen LogP contribution < -0.4 is 0 Å². The van der Waals surface area contributed by atoms with Gasteiger partial charge in [0, 0.05) is 12.4 Å². The summed E-state index contributed by atoms with van der Waals surface area (Å²) in [5.41, 5.74) is 0. The third-order valence-electron chi connectivity index (χ3n) is 0.784. The lowest BCUT2D eigenvalue weighted by molar-refractivity contribution is 1.05. The highest BCUT2D eigenvalue weighted by molar-refractivity contribution is 4.89. The summed E-state index contributed by atoms with van der Waals surface area (Å²) in [6.45, 7) is 6.80. The lowest BCUT2D eigenvalue weighted by Gasteiger charge is -1.75. The third kappa shape index (κ3) is 0.850. The van der Waals surface area contributed by atoms with Crippen molar-refractivity contribution in [2.75, 3.05) is 0 Å². The van der Waals surface area contributed by atoms with E-state index in [1.54, 1.807) is 12.4 Å². The Morgan fingerprint density at radius 1 is 1.88 bits per heavy atom. The van der Waals surface area contributed by atoms with E-state index >= 15 is 0 Å². The van der Waals surface area contributed by atoms with E-state index in [4.69, 9.17) is 6.57 Å². The molecule has 0 saturated carbocycles. The Kier molecular flexibility index (Phi) is 1.29. The van der Waals surface area contributed by atoms with E-state index in [9.17, 15) is 0 Å². The van der Waals surface area contributed by atoms with Gasteiger partial charge in [-0.1, -0.05) is 0 Å². The minimum Gasteiger partial charge on any atom is -0.342 e. The predicted molar refractivity (Wildman–Crippen MR) is 28.9 cm³/mol. The lowest BCUT2D eigenvalue weighted by atomic mass is 10.6. The Morgan fingerprint density at radius 3 is 3.25 bits per heavy atom. The molecule has 0 bridgehead atoms. The van der Waals surface area contributed by atoms with Gasteiger partial charge in [0.05, 0.1) is 0 Å². The highest BCUT2D eigenvalue weighted by Crippen LogP contribution is 1.88. The first-order chi connectivity index (χ1) is 3.93. The quantitative estimate of drug-likeness (QED) is 0.530. The molecule has 3 nitrogen and oxygen atoms in total. The Labute approximate surface area is 47.2 Å². The molecule has 0 aliphatic carbocycles. The summed E-state index contributed by atoms with van der Waals surface area (Å²) in [6.07, 6.45) is 3.35. The number of aromatic amines is 1. The van der Waals surface area contributed by atoms with Crippen LogP contribution in [0.5, 0.6) is 0 Å². The second-order valence-corrected chi connectivity index (χ2v) is 1.35. The number of rotatable bonds is 1. The first-order valence-corrected chi connectivity index (χ1v) is 2.25. The van der Waals surface area contributed by atoms with Crippen LogP contribution in [0.25, 0.3) is 4.85 Å². The number of hydrogen-bond donors (Lipinski definition) is 1.